The van der Waals surface area contributed by atoms with Crippen molar-refractivity contribution in [3.05, 3.63) is 58.5 Å². The Morgan fingerprint density at radius 1 is 1.22 bits per heavy atom. The van der Waals surface area contributed by atoms with Gasteiger partial charge in [0.15, 0.2) is 0 Å². The van der Waals surface area contributed by atoms with Crippen LogP contribution in [0.1, 0.15) is 5.56 Å². The average Bonchev–Trinajstić information content (AvgIpc) is 2.88. The Morgan fingerprint density at radius 3 is 2.39 bits per heavy atom. The fraction of sp³-hybridized carbons (Fsp3) is 0.188. The van der Waals surface area contributed by atoms with Gasteiger partial charge in [-0.05, 0) is 0 Å². The zero-order valence-electron chi connectivity index (χ0n) is 12.0. The van der Waals surface area contributed by atoms with Crippen molar-refractivity contribution in [2.24, 2.45) is 5.73 Å². The molecule has 114 valence electrons. The molecule has 1 atom stereocenters. The van der Waals surface area contributed by atoms with Crippen molar-refractivity contribution in [2.45, 2.75) is 5.79 Å². The van der Waals surface area contributed by atoms with Gasteiger partial charge in [0, 0.05) is 5.56 Å². The monoisotopic (exact) mass is 308 g/mol. The minimum absolute atomic E-state index is 0.0536. The summed E-state index contributed by atoms with van der Waals surface area (Å²) in [7, 11) is 0. The third-order valence-corrected chi connectivity index (χ3v) is 3.22. The third-order valence-electron chi connectivity index (χ3n) is 3.22. The maximum Gasteiger partial charge on any atom is 0.269 e. The lowest BCUT2D eigenvalue weighted by atomic mass is 9.90. The Kier molecular flexibility index (Phi) is 4.64. The molecule has 2 rings (SSSR count). The van der Waals surface area contributed by atoms with Crippen molar-refractivity contribution in [1.82, 2.24) is 0 Å². The second-order valence-electron chi connectivity index (χ2n) is 4.48. The smallest absolute Gasteiger partial charge is 0.269 e. The molecule has 23 heavy (non-hydrogen) atoms. The number of ether oxygens (including phenoxy) is 2. The molecular formula is C16H12N4O3. The number of nitrogens with two attached hydrogens (primary N) is 1. The average molecular weight is 308 g/mol. The molecule has 3 N–H and O–H groups in total. The largest absolute Gasteiger partial charge is 0.437 e. The molecule has 1 aromatic rings. The van der Waals surface area contributed by atoms with Crippen LogP contribution in [0.4, 0.5) is 0 Å². The predicted molar refractivity (Wildman–Crippen MR) is 77.3 cm³/mol. The van der Waals surface area contributed by atoms with Gasteiger partial charge in [-0.3, -0.25) is 0 Å². The van der Waals surface area contributed by atoms with Gasteiger partial charge in [0.25, 0.3) is 5.79 Å². The first-order valence-electron chi connectivity index (χ1n) is 6.59. The van der Waals surface area contributed by atoms with E-state index < -0.39 is 5.79 Å². The Balaban J connectivity index is 2.78. The maximum atomic E-state index is 9.33. The topological polar surface area (TPSA) is 136 Å². The minimum Gasteiger partial charge on any atom is -0.437 e. The van der Waals surface area contributed by atoms with Crippen LogP contribution in [-0.4, -0.2) is 18.3 Å². The molecule has 0 spiro atoms. The van der Waals surface area contributed by atoms with E-state index in [2.05, 4.69) is 0 Å². The normalized spacial score (nSPS) is 19.5. The second kappa shape index (κ2) is 6.64. The highest BCUT2D eigenvalue weighted by Gasteiger charge is 2.50. The molecule has 1 heterocycles. The summed E-state index contributed by atoms with van der Waals surface area (Å²) >= 11 is 0. The molecule has 1 unspecified atom stereocenters. The van der Waals surface area contributed by atoms with E-state index in [1.807, 2.05) is 6.07 Å². The molecule has 0 aliphatic carbocycles. The van der Waals surface area contributed by atoms with Gasteiger partial charge in [0.2, 0.25) is 5.88 Å². The SMILES string of the molecule is N#CC(C#N)=C1C(C#N)=C(N)OC1(OCCO)c1ccccc1. The molecule has 0 amide bonds. The zero-order chi connectivity index (χ0) is 16.9. The van der Waals surface area contributed by atoms with E-state index in [4.69, 9.17) is 20.3 Å². The first-order chi connectivity index (χ1) is 11.1. The Morgan fingerprint density at radius 2 is 1.87 bits per heavy atom. The lowest BCUT2D eigenvalue weighted by Crippen LogP contribution is -2.34. The van der Waals surface area contributed by atoms with E-state index in [-0.39, 0.29) is 35.8 Å². The molecular weight excluding hydrogens is 296 g/mol. The number of allylic oxidation sites excluding steroid dienone is 1. The molecule has 7 heteroatoms. The van der Waals surface area contributed by atoms with Crippen LogP contribution in [0.15, 0.2) is 52.9 Å². The Labute approximate surface area is 132 Å². The molecule has 0 saturated heterocycles. The first kappa shape index (κ1) is 16.1. The minimum atomic E-state index is -1.72. The Bertz CT molecular complexity index is 777. The number of nitriles is 3. The van der Waals surface area contributed by atoms with Gasteiger partial charge in [-0.25, -0.2) is 0 Å². The molecule has 0 aromatic heterocycles. The summed E-state index contributed by atoms with van der Waals surface area (Å²) in [5.41, 5.74) is 5.66. The van der Waals surface area contributed by atoms with Gasteiger partial charge in [-0.2, -0.15) is 15.8 Å². The van der Waals surface area contributed by atoms with Crippen molar-refractivity contribution in [2.75, 3.05) is 13.2 Å². The highest BCUT2D eigenvalue weighted by molar-refractivity contribution is 5.61. The van der Waals surface area contributed by atoms with Crippen LogP contribution >= 0.6 is 0 Å². The second-order valence-corrected chi connectivity index (χ2v) is 4.48. The van der Waals surface area contributed by atoms with E-state index in [9.17, 15) is 15.8 Å². The molecule has 1 aliphatic rings. The van der Waals surface area contributed by atoms with Crippen LogP contribution in [0, 0.1) is 34.0 Å². The van der Waals surface area contributed by atoms with E-state index >= 15 is 0 Å². The number of rotatable bonds is 4. The number of aliphatic hydroxyl groups excluding tert-OH is 1. The summed E-state index contributed by atoms with van der Waals surface area (Å²) < 4.78 is 11.2. The first-order valence-corrected chi connectivity index (χ1v) is 6.59. The summed E-state index contributed by atoms with van der Waals surface area (Å²) in [6.07, 6.45) is 0. The number of hydrogen-bond donors (Lipinski definition) is 2. The number of hydrogen-bond acceptors (Lipinski definition) is 7. The predicted octanol–water partition coefficient (Wildman–Crippen LogP) is 0.916. The van der Waals surface area contributed by atoms with Crippen molar-refractivity contribution < 1.29 is 14.6 Å². The van der Waals surface area contributed by atoms with Crippen molar-refractivity contribution >= 4 is 0 Å². The molecule has 1 aliphatic heterocycles. The van der Waals surface area contributed by atoms with Crippen LogP contribution in [0.2, 0.25) is 0 Å². The lowest BCUT2D eigenvalue weighted by molar-refractivity contribution is -0.191. The van der Waals surface area contributed by atoms with Gasteiger partial charge in [-0.1, -0.05) is 30.3 Å². The van der Waals surface area contributed by atoms with E-state index in [1.165, 1.54) is 0 Å². The summed E-state index contributed by atoms with van der Waals surface area (Å²) in [4.78, 5) is 0. The summed E-state index contributed by atoms with van der Waals surface area (Å²) in [5.74, 6) is -1.97. The van der Waals surface area contributed by atoms with Crippen molar-refractivity contribution in [3.8, 4) is 18.2 Å². The number of aliphatic hydroxyl groups is 1. The van der Waals surface area contributed by atoms with Crippen LogP contribution < -0.4 is 5.73 Å². The van der Waals surface area contributed by atoms with E-state index in [0.29, 0.717) is 5.56 Å². The standard InChI is InChI=1S/C16H12N4O3/c17-8-11(9-18)14-13(10-19)15(20)23-16(14,22-7-6-21)12-4-2-1-3-5-12/h1-5,21H,6-7,20H2. The number of benzene rings is 1. The third kappa shape index (κ3) is 2.61. The van der Waals surface area contributed by atoms with Crippen molar-refractivity contribution in [3.63, 3.8) is 0 Å². The highest BCUT2D eigenvalue weighted by Crippen LogP contribution is 2.47. The molecule has 0 fully saturated rings. The van der Waals surface area contributed by atoms with Crippen LogP contribution in [0.3, 0.4) is 0 Å². The van der Waals surface area contributed by atoms with Crippen LogP contribution in [0.5, 0.6) is 0 Å². The fourth-order valence-electron chi connectivity index (χ4n) is 2.32. The molecule has 7 nitrogen and oxygen atoms in total. The van der Waals surface area contributed by atoms with Gasteiger partial charge in [0.1, 0.15) is 29.4 Å². The van der Waals surface area contributed by atoms with Gasteiger partial charge < -0.3 is 20.3 Å². The highest BCUT2D eigenvalue weighted by atomic mass is 16.7. The molecule has 1 aromatic carbocycles. The summed E-state index contributed by atoms with van der Waals surface area (Å²) in [6.45, 7) is -0.462. The number of nitrogens with zero attached hydrogens (tertiary/aromatic N) is 3. The maximum absolute atomic E-state index is 9.33. The summed E-state index contributed by atoms with van der Waals surface area (Å²) in [5, 5.41) is 36.9. The van der Waals surface area contributed by atoms with Gasteiger partial charge in [-0.15, -0.1) is 0 Å². The summed E-state index contributed by atoms with van der Waals surface area (Å²) in [6, 6.07) is 13.8. The fourth-order valence-corrected chi connectivity index (χ4v) is 2.32. The quantitative estimate of drug-likeness (QED) is 0.789. The Hall–Kier alpha value is -3.31. The molecule has 0 bridgehead atoms. The van der Waals surface area contributed by atoms with Gasteiger partial charge in [0.05, 0.1) is 18.8 Å². The van der Waals surface area contributed by atoms with Crippen LogP contribution in [-0.2, 0) is 15.3 Å². The van der Waals surface area contributed by atoms with Crippen molar-refractivity contribution in [1.29, 1.82) is 15.8 Å². The zero-order valence-corrected chi connectivity index (χ0v) is 12.0. The lowest BCUT2D eigenvalue weighted by Gasteiger charge is -2.31. The molecule has 0 saturated carbocycles. The van der Waals surface area contributed by atoms with Gasteiger partial charge >= 0.3 is 0 Å². The molecule has 0 radical (unpaired) electrons. The van der Waals surface area contributed by atoms with E-state index in [1.54, 1.807) is 42.5 Å². The van der Waals surface area contributed by atoms with E-state index in [0.717, 1.165) is 0 Å². The van der Waals surface area contributed by atoms with Crippen LogP contribution in [0.25, 0.3) is 0 Å².